The zero-order chi connectivity index (χ0) is 13.3. The molecule has 2 aromatic rings. The maximum atomic E-state index is 11.9. The number of nitrogens with zero attached hydrogens (tertiary/aromatic N) is 2. The fourth-order valence-electron chi connectivity index (χ4n) is 1.45. The number of rotatable bonds is 1. The SMILES string of the molecule is Cc1nn(C(=O)Oc2ccc(Cl)cc2)c(C)c1Cl. The van der Waals surface area contributed by atoms with Crippen molar-refractivity contribution in [1.29, 1.82) is 0 Å². The highest BCUT2D eigenvalue weighted by Crippen LogP contribution is 2.20. The molecule has 0 radical (unpaired) electrons. The number of aryl methyl sites for hydroxylation is 1. The summed E-state index contributed by atoms with van der Waals surface area (Å²) in [4.78, 5) is 11.9. The van der Waals surface area contributed by atoms with Crippen LogP contribution in [0.5, 0.6) is 5.75 Å². The van der Waals surface area contributed by atoms with E-state index < -0.39 is 6.09 Å². The summed E-state index contributed by atoms with van der Waals surface area (Å²) in [5.74, 6) is 0.396. The second kappa shape index (κ2) is 5.00. The van der Waals surface area contributed by atoms with Gasteiger partial charge in [-0.1, -0.05) is 23.2 Å². The Morgan fingerprint density at radius 3 is 2.33 bits per heavy atom. The average Bonchev–Trinajstić information content (AvgIpc) is 2.60. The molecule has 0 aliphatic heterocycles. The number of carbonyl (C=O) groups excluding carboxylic acids is 1. The molecule has 0 N–H and O–H groups in total. The summed E-state index contributed by atoms with van der Waals surface area (Å²) in [5.41, 5.74) is 1.13. The van der Waals surface area contributed by atoms with Crippen LogP contribution in [-0.2, 0) is 0 Å². The molecule has 0 aliphatic carbocycles. The molecule has 0 amide bonds. The molecule has 94 valence electrons. The molecular weight excluding hydrogens is 275 g/mol. The van der Waals surface area contributed by atoms with Crippen LogP contribution in [0.2, 0.25) is 10.0 Å². The van der Waals surface area contributed by atoms with E-state index in [-0.39, 0.29) is 0 Å². The minimum absolute atomic E-state index is 0.396. The molecule has 1 aromatic carbocycles. The van der Waals surface area contributed by atoms with E-state index in [1.807, 2.05) is 0 Å². The number of ether oxygens (including phenoxy) is 1. The maximum Gasteiger partial charge on any atom is 0.440 e. The Balaban J connectivity index is 2.22. The van der Waals surface area contributed by atoms with Crippen LogP contribution >= 0.6 is 23.2 Å². The number of benzene rings is 1. The van der Waals surface area contributed by atoms with E-state index in [2.05, 4.69) is 5.10 Å². The molecule has 4 nitrogen and oxygen atoms in total. The fraction of sp³-hybridized carbons (Fsp3) is 0.167. The average molecular weight is 285 g/mol. The van der Waals surface area contributed by atoms with Crippen LogP contribution in [0.4, 0.5) is 4.79 Å². The lowest BCUT2D eigenvalue weighted by Crippen LogP contribution is -2.19. The van der Waals surface area contributed by atoms with Gasteiger partial charge in [-0.3, -0.25) is 0 Å². The molecule has 0 bridgehead atoms. The van der Waals surface area contributed by atoms with Crippen LogP contribution in [0, 0.1) is 13.8 Å². The quantitative estimate of drug-likeness (QED) is 0.799. The van der Waals surface area contributed by atoms with E-state index in [9.17, 15) is 4.79 Å². The van der Waals surface area contributed by atoms with Crippen LogP contribution in [0.15, 0.2) is 24.3 Å². The third-order valence-corrected chi connectivity index (χ3v) is 3.19. The summed E-state index contributed by atoms with van der Waals surface area (Å²) >= 11 is 11.7. The standard InChI is InChI=1S/C12H10Cl2N2O2/c1-7-11(14)8(2)16(15-7)12(17)18-10-5-3-9(13)4-6-10/h3-6H,1-2H3. The van der Waals surface area contributed by atoms with Crippen LogP contribution in [0.1, 0.15) is 11.4 Å². The van der Waals surface area contributed by atoms with Gasteiger partial charge in [0.2, 0.25) is 0 Å². The molecule has 6 heteroatoms. The number of hydrogen-bond donors (Lipinski definition) is 0. The Hall–Kier alpha value is -1.52. The van der Waals surface area contributed by atoms with Gasteiger partial charge in [0, 0.05) is 5.02 Å². The van der Waals surface area contributed by atoms with Crippen molar-refractivity contribution in [3.8, 4) is 5.75 Å². The summed E-state index contributed by atoms with van der Waals surface area (Å²) in [6.45, 7) is 3.42. The Morgan fingerprint density at radius 2 is 1.83 bits per heavy atom. The Labute approximate surface area is 114 Å². The summed E-state index contributed by atoms with van der Waals surface area (Å²) < 4.78 is 6.28. The van der Waals surface area contributed by atoms with E-state index >= 15 is 0 Å². The van der Waals surface area contributed by atoms with Gasteiger partial charge in [0.15, 0.2) is 0 Å². The topological polar surface area (TPSA) is 44.1 Å². The molecule has 0 fully saturated rings. The van der Waals surface area contributed by atoms with Crippen LogP contribution in [0.25, 0.3) is 0 Å². The van der Waals surface area contributed by atoms with Crippen molar-refractivity contribution >= 4 is 29.3 Å². The van der Waals surface area contributed by atoms with Crippen LogP contribution in [-0.4, -0.2) is 15.9 Å². The highest BCUT2D eigenvalue weighted by atomic mass is 35.5. The second-order valence-electron chi connectivity index (χ2n) is 3.72. The molecule has 0 atom stereocenters. The first-order chi connectivity index (χ1) is 8.49. The number of aromatic nitrogens is 2. The summed E-state index contributed by atoms with van der Waals surface area (Å²) in [6.07, 6.45) is -0.607. The predicted molar refractivity (Wildman–Crippen MR) is 69.6 cm³/mol. The number of hydrogen-bond acceptors (Lipinski definition) is 3. The molecular formula is C12H10Cl2N2O2. The van der Waals surface area contributed by atoms with Crippen molar-refractivity contribution in [2.75, 3.05) is 0 Å². The van der Waals surface area contributed by atoms with Gasteiger partial charge in [0.25, 0.3) is 0 Å². The van der Waals surface area contributed by atoms with Crippen molar-refractivity contribution in [1.82, 2.24) is 9.78 Å². The van der Waals surface area contributed by atoms with Gasteiger partial charge in [0.1, 0.15) is 5.75 Å². The molecule has 1 aromatic heterocycles. The molecule has 0 spiro atoms. The normalized spacial score (nSPS) is 10.4. The van der Waals surface area contributed by atoms with Crippen molar-refractivity contribution in [2.24, 2.45) is 0 Å². The van der Waals surface area contributed by atoms with Crippen molar-refractivity contribution in [2.45, 2.75) is 13.8 Å². The van der Waals surface area contributed by atoms with Crippen molar-refractivity contribution in [3.05, 3.63) is 45.7 Å². The molecule has 0 aliphatic rings. The van der Waals surface area contributed by atoms with Gasteiger partial charge in [-0.2, -0.15) is 9.78 Å². The third-order valence-electron chi connectivity index (χ3n) is 2.39. The van der Waals surface area contributed by atoms with Crippen molar-refractivity contribution < 1.29 is 9.53 Å². The van der Waals surface area contributed by atoms with Gasteiger partial charge in [-0.25, -0.2) is 4.79 Å². The maximum absolute atomic E-state index is 11.9. The third kappa shape index (κ3) is 2.49. The van der Waals surface area contributed by atoms with Gasteiger partial charge >= 0.3 is 6.09 Å². The van der Waals surface area contributed by atoms with Gasteiger partial charge in [-0.05, 0) is 38.1 Å². The lowest BCUT2D eigenvalue weighted by molar-refractivity contribution is 0.198. The molecule has 18 heavy (non-hydrogen) atoms. The molecule has 0 saturated heterocycles. The van der Waals surface area contributed by atoms with Gasteiger partial charge in [-0.15, -0.1) is 0 Å². The summed E-state index contributed by atoms with van der Waals surface area (Å²) in [5, 5.41) is 5.04. The predicted octanol–water partition coefficient (Wildman–Crippen LogP) is 3.85. The Kier molecular flexibility index (Phi) is 3.59. The van der Waals surface area contributed by atoms with E-state index in [1.165, 1.54) is 0 Å². The summed E-state index contributed by atoms with van der Waals surface area (Å²) in [6, 6.07) is 6.48. The minimum atomic E-state index is -0.607. The first kappa shape index (κ1) is 12.9. The highest BCUT2D eigenvalue weighted by Gasteiger charge is 2.16. The zero-order valence-corrected chi connectivity index (χ0v) is 11.3. The van der Waals surface area contributed by atoms with E-state index in [1.54, 1.807) is 38.1 Å². The number of carbonyl (C=O) groups is 1. The minimum Gasteiger partial charge on any atom is -0.409 e. The van der Waals surface area contributed by atoms with Crippen LogP contribution < -0.4 is 4.74 Å². The van der Waals surface area contributed by atoms with Crippen molar-refractivity contribution in [3.63, 3.8) is 0 Å². The first-order valence-corrected chi connectivity index (χ1v) is 5.94. The van der Waals surface area contributed by atoms with Crippen LogP contribution in [0.3, 0.4) is 0 Å². The molecule has 0 saturated carbocycles. The van der Waals surface area contributed by atoms with Gasteiger partial charge < -0.3 is 4.74 Å². The molecule has 0 unspecified atom stereocenters. The second-order valence-corrected chi connectivity index (χ2v) is 4.53. The monoisotopic (exact) mass is 284 g/mol. The van der Waals surface area contributed by atoms with E-state index in [0.29, 0.717) is 27.2 Å². The Bertz CT molecular complexity index is 591. The molecule has 2 rings (SSSR count). The summed E-state index contributed by atoms with van der Waals surface area (Å²) in [7, 11) is 0. The van der Waals surface area contributed by atoms with E-state index in [0.717, 1.165) is 4.68 Å². The smallest absolute Gasteiger partial charge is 0.409 e. The number of halogens is 2. The lowest BCUT2D eigenvalue weighted by atomic mass is 10.3. The lowest BCUT2D eigenvalue weighted by Gasteiger charge is -2.05. The zero-order valence-electron chi connectivity index (χ0n) is 9.78. The van der Waals surface area contributed by atoms with Gasteiger partial charge in [0.05, 0.1) is 16.4 Å². The fourth-order valence-corrected chi connectivity index (χ4v) is 1.69. The Morgan fingerprint density at radius 1 is 1.22 bits per heavy atom. The highest BCUT2D eigenvalue weighted by molar-refractivity contribution is 6.32. The first-order valence-electron chi connectivity index (χ1n) is 5.18. The van der Waals surface area contributed by atoms with E-state index in [4.69, 9.17) is 27.9 Å². The molecule has 1 heterocycles. The largest absolute Gasteiger partial charge is 0.440 e.